The number of nitrogens with zero attached hydrogens (tertiary/aromatic N) is 2. The number of carbonyl (C=O) groups excluding carboxylic acids is 1. The van der Waals surface area contributed by atoms with E-state index in [0.29, 0.717) is 19.0 Å². The lowest BCUT2D eigenvalue weighted by Gasteiger charge is -2.24. The van der Waals surface area contributed by atoms with Gasteiger partial charge in [-0.3, -0.25) is 14.9 Å². The predicted molar refractivity (Wildman–Crippen MR) is 81.6 cm³/mol. The minimum absolute atomic E-state index is 0.0160. The summed E-state index contributed by atoms with van der Waals surface area (Å²) in [6.45, 7) is 4.76. The van der Waals surface area contributed by atoms with Gasteiger partial charge in [0.25, 0.3) is 5.69 Å². The smallest absolute Gasteiger partial charge is 0.269 e. The monoisotopic (exact) mass is 293 g/mol. The molecule has 0 radical (unpaired) electrons. The third-order valence-electron chi connectivity index (χ3n) is 3.31. The highest BCUT2D eigenvalue weighted by Gasteiger charge is 2.22. The molecule has 0 spiro atoms. The van der Waals surface area contributed by atoms with Gasteiger partial charge in [-0.25, -0.2) is 0 Å². The number of rotatable bonds is 7. The number of carbonyl (C=O) groups is 1. The van der Waals surface area contributed by atoms with Crippen molar-refractivity contribution in [3.8, 4) is 0 Å². The van der Waals surface area contributed by atoms with Crippen molar-refractivity contribution in [1.82, 2.24) is 4.90 Å². The van der Waals surface area contributed by atoms with E-state index in [4.69, 9.17) is 5.73 Å². The number of hydrogen-bond donors (Lipinski definition) is 1. The van der Waals surface area contributed by atoms with E-state index in [1.165, 1.54) is 12.1 Å². The van der Waals surface area contributed by atoms with Crippen molar-refractivity contribution < 1.29 is 9.72 Å². The first kappa shape index (κ1) is 17.1. The van der Waals surface area contributed by atoms with Crippen LogP contribution in [0.5, 0.6) is 0 Å². The van der Waals surface area contributed by atoms with Gasteiger partial charge in [-0.15, -0.1) is 0 Å². The quantitative estimate of drug-likeness (QED) is 0.616. The highest BCUT2D eigenvalue weighted by Crippen LogP contribution is 2.17. The van der Waals surface area contributed by atoms with Crippen molar-refractivity contribution in [3.63, 3.8) is 0 Å². The number of benzene rings is 1. The molecule has 0 fully saturated rings. The molecule has 6 heteroatoms. The van der Waals surface area contributed by atoms with Crippen molar-refractivity contribution >= 4 is 11.6 Å². The van der Waals surface area contributed by atoms with Crippen molar-refractivity contribution in [1.29, 1.82) is 0 Å². The lowest BCUT2D eigenvalue weighted by atomic mass is 9.96. The summed E-state index contributed by atoms with van der Waals surface area (Å²) >= 11 is 0. The molecule has 0 aliphatic heterocycles. The van der Waals surface area contributed by atoms with Crippen molar-refractivity contribution in [3.05, 3.63) is 39.9 Å². The lowest BCUT2D eigenvalue weighted by molar-refractivity contribution is -0.384. The molecule has 6 nitrogen and oxygen atoms in total. The topological polar surface area (TPSA) is 89.5 Å². The molecule has 0 aliphatic rings. The molecular weight excluding hydrogens is 270 g/mol. The van der Waals surface area contributed by atoms with Gasteiger partial charge in [0.1, 0.15) is 0 Å². The van der Waals surface area contributed by atoms with Crippen molar-refractivity contribution in [2.45, 2.75) is 26.8 Å². The zero-order valence-electron chi connectivity index (χ0n) is 12.8. The van der Waals surface area contributed by atoms with Crippen molar-refractivity contribution in [2.75, 3.05) is 13.6 Å². The standard InChI is InChI=1S/C15H23N3O3/c1-11(2)7-13(9-16)15(19)17(3)10-12-5-4-6-14(8-12)18(20)21/h4-6,8,11,13H,7,9-10,16H2,1-3H3. The maximum Gasteiger partial charge on any atom is 0.269 e. The molecule has 0 heterocycles. The van der Waals surface area contributed by atoms with Crippen LogP contribution in [0.2, 0.25) is 0 Å². The zero-order chi connectivity index (χ0) is 16.0. The van der Waals surface area contributed by atoms with E-state index < -0.39 is 4.92 Å². The predicted octanol–water partition coefficient (Wildman–Crippen LogP) is 2.17. The Balaban J connectivity index is 2.75. The molecule has 1 amide bonds. The van der Waals surface area contributed by atoms with Crippen LogP contribution in [0.1, 0.15) is 25.8 Å². The van der Waals surface area contributed by atoms with Crippen LogP contribution >= 0.6 is 0 Å². The fraction of sp³-hybridized carbons (Fsp3) is 0.533. The number of nitrogens with two attached hydrogens (primary N) is 1. The molecule has 1 unspecified atom stereocenters. The highest BCUT2D eigenvalue weighted by molar-refractivity contribution is 5.78. The Morgan fingerprint density at radius 3 is 2.62 bits per heavy atom. The van der Waals surface area contributed by atoms with Gasteiger partial charge in [0, 0.05) is 32.3 Å². The number of nitro groups is 1. The van der Waals surface area contributed by atoms with Gasteiger partial charge >= 0.3 is 0 Å². The largest absolute Gasteiger partial charge is 0.341 e. The zero-order valence-corrected chi connectivity index (χ0v) is 12.8. The van der Waals surface area contributed by atoms with Gasteiger partial charge in [0.05, 0.1) is 10.8 Å². The fourth-order valence-corrected chi connectivity index (χ4v) is 2.30. The Morgan fingerprint density at radius 2 is 2.10 bits per heavy atom. The van der Waals surface area contributed by atoms with Gasteiger partial charge in [0.2, 0.25) is 5.91 Å². The van der Waals surface area contributed by atoms with Gasteiger partial charge in [-0.05, 0) is 17.9 Å². The molecule has 1 atom stereocenters. The first-order valence-electron chi connectivity index (χ1n) is 7.03. The Bertz CT molecular complexity index is 503. The second-order valence-electron chi connectivity index (χ2n) is 5.68. The van der Waals surface area contributed by atoms with E-state index in [0.717, 1.165) is 12.0 Å². The molecule has 1 aromatic carbocycles. The summed E-state index contributed by atoms with van der Waals surface area (Å²) in [4.78, 5) is 24.2. The van der Waals surface area contributed by atoms with Crippen LogP contribution in [-0.4, -0.2) is 29.3 Å². The molecule has 0 bridgehead atoms. The van der Waals surface area contributed by atoms with Crippen molar-refractivity contribution in [2.24, 2.45) is 17.6 Å². The Labute approximate surface area is 125 Å². The Hall–Kier alpha value is -1.95. The summed E-state index contributed by atoms with van der Waals surface area (Å²) in [6, 6.07) is 6.33. The molecule has 0 aromatic heterocycles. The first-order valence-corrected chi connectivity index (χ1v) is 7.03. The minimum Gasteiger partial charge on any atom is -0.341 e. The Kier molecular flexibility index (Phi) is 6.30. The van der Waals surface area contributed by atoms with Crippen LogP contribution in [0.15, 0.2) is 24.3 Å². The van der Waals surface area contributed by atoms with Crippen LogP contribution in [-0.2, 0) is 11.3 Å². The van der Waals surface area contributed by atoms with E-state index in [1.54, 1.807) is 24.1 Å². The van der Waals surface area contributed by atoms with Gasteiger partial charge in [0.15, 0.2) is 0 Å². The fourth-order valence-electron chi connectivity index (χ4n) is 2.30. The number of amides is 1. The van der Waals surface area contributed by atoms with E-state index in [2.05, 4.69) is 13.8 Å². The van der Waals surface area contributed by atoms with E-state index in [9.17, 15) is 14.9 Å². The maximum absolute atomic E-state index is 12.3. The molecule has 0 saturated heterocycles. The van der Waals surface area contributed by atoms with E-state index in [-0.39, 0.29) is 17.5 Å². The molecule has 2 N–H and O–H groups in total. The number of non-ortho nitro benzene ring substituents is 1. The van der Waals surface area contributed by atoms with Crippen LogP contribution < -0.4 is 5.73 Å². The second kappa shape index (κ2) is 7.73. The molecule has 0 saturated carbocycles. The summed E-state index contributed by atoms with van der Waals surface area (Å²) in [5.41, 5.74) is 6.45. The average Bonchev–Trinajstić information content (AvgIpc) is 2.43. The third kappa shape index (κ3) is 5.15. The lowest BCUT2D eigenvalue weighted by Crippen LogP contribution is -2.37. The minimum atomic E-state index is -0.438. The van der Waals surface area contributed by atoms with Gasteiger partial charge in [-0.1, -0.05) is 26.0 Å². The number of nitro benzene ring substituents is 1. The summed E-state index contributed by atoms with van der Waals surface area (Å²) in [7, 11) is 1.70. The van der Waals surface area contributed by atoms with Crippen LogP contribution in [0.4, 0.5) is 5.69 Å². The summed E-state index contributed by atoms with van der Waals surface area (Å²) < 4.78 is 0. The molecule has 116 valence electrons. The first-order chi connectivity index (χ1) is 9.85. The summed E-state index contributed by atoms with van der Waals surface area (Å²) in [5.74, 6) is 0.181. The van der Waals surface area contributed by atoms with Crippen LogP contribution in [0.3, 0.4) is 0 Å². The number of hydrogen-bond acceptors (Lipinski definition) is 4. The molecule has 0 aliphatic carbocycles. The van der Waals surface area contributed by atoms with Crippen LogP contribution in [0.25, 0.3) is 0 Å². The van der Waals surface area contributed by atoms with E-state index >= 15 is 0 Å². The average molecular weight is 293 g/mol. The third-order valence-corrected chi connectivity index (χ3v) is 3.31. The summed E-state index contributed by atoms with van der Waals surface area (Å²) in [5, 5.41) is 10.8. The maximum atomic E-state index is 12.3. The highest BCUT2D eigenvalue weighted by atomic mass is 16.6. The molecular formula is C15H23N3O3. The molecule has 1 rings (SSSR count). The van der Waals surface area contributed by atoms with Gasteiger partial charge in [-0.2, -0.15) is 0 Å². The molecule has 1 aromatic rings. The Morgan fingerprint density at radius 1 is 1.43 bits per heavy atom. The SMILES string of the molecule is CC(C)CC(CN)C(=O)N(C)Cc1cccc([N+](=O)[O-])c1. The van der Waals surface area contributed by atoms with Gasteiger partial charge < -0.3 is 10.6 Å². The van der Waals surface area contributed by atoms with Crippen LogP contribution in [0, 0.1) is 22.0 Å². The normalized spacial score (nSPS) is 12.2. The molecule has 21 heavy (non-hydrogen) atoms. The second-order valence-corrected chi connectivity index (χ2v) is 5.68. The van der Waals surface area contributed by atoms with E-state index in [1.807, 2.05) is 0 Å². The summed E-state index contributed by atoms with van der Waals surface area (Å²) in [6.07, 6.45) is 0.745.